The van der Waals surface area contributed by atoms with E-state index >= 15 is 0 Å². The largest absolute Gasteiger partial charge is 0.296 e. The molecule has 0 radical (unpaired) electrons. The van der Waals surface area contributed by atoms with Crippen LogP contribution in [0.2, 0.25) is 0 Å². The molecule has 0 N–H and O–H groups in total. The van der Waals surface area contributed by atoms with Crippen LogP contribution in [0.1, 0.15) is 5.82 Å². The van der Waals surface area contributed by atoms with Gasteiger partial charge in [0.15, 0.2) is 0 Å². The third-order valence-corrected chi connectivity index (χ3v) is 9.80. The van der Waals surface area contributed by atoms with E-state index < -0.39 is 0 Å². The van der Waals surface area contributed by atoms with Gasteiger partial charge in [0, 0.05) is 10.8 Å². The van der Waals surface area contributed by atoms with Crippen molar-refractivity contribution in [1.82, 2.24) is 9.55 Å². The molecule has 1 aromatic heterocycles. The average molecular weight is 555 g/mol. The highest BCUT2D eigenvalue weighted by atomic mass is 15.1. The monoisotopic (exact) mass is 556 g/mol. The number of hydrogen-bond acceptors (Lipinski definition) is 1. The van der Waals surface area contributed by atoms with Crippen molar-refractivity contribution in [2.45, 2.75) is 5.11 Å². The predicted octanol–water partition coefficient (Wildman–Crippen LogP) is -3.03. The van der Waals surface area contributed by atoms with E-state index in [2.05, 4.69) is 164 Å². The smallest absolute Gasteiger partial charge is 0.139 e. The standard InChI is InChI=1S/C34H32B8N2/c35-27-26(28(36)30(38)31(39)29(27)37)18-14-15-21-22(16-18)25(17-8-2-1-3-9-17)19-10-4-5-11-20(19)32(21)44-24-13-7-6-12-23(24)43-33(44)34(40,41)42/h1-16H,35-42H2. The molecule has 0 unspecified atom stereocenters. The number of nitrogens with zero attached hydrogens (tertiary/aromatic N) is 2. The van der Waals surface area contributed by atoms with E-state index in [-0.39, 0.29) is 5.11 Å². The molecule has 0 bridgehead atoms. The second kappa shape index (κ2) is 10.5. The van der Waals surface area contributed by atoms with E-state index in [4.69, 9.17) is 4.98 Å². The van der Waals surface area contributed by atoms with Crippen LogP contribution >= 0.6 is 0 Å². The van der Waals surface area contributed by atoms with Crippen LogP contribution in [0, 0.1) is 0 Å². The molecule has 7 rings (SSSR count). The summed E-state index contributed by atoms with van der Waals surface area (Å²) in [5.41, 5.74) is 15.4. The Morgan fingerprint density at radius 2 is 1.07 bits per heavy atom. The lowest BCUT2D eigenvalue weighted by Crippen LogP contribution is -2.55. The van der Waals surface area contributed by atoms with Gasteiger partial charge in [-0.05, 0) is 51.2 Å². The van der Waals surface area contributed by atoms with Crippen molar-refractivity contribution in [2.24, 2.45) is 0 Å². The van der Waals surface area contributed by atoms with Crippen LogP contribution < -0.4 is 27.3 Å². The van der Waals surface area contributed by atoms with Crippen LogP contribution in [0.4, 0.5) is 0 Å². The van der Waals surface area contributed by atoms with Crippen LogP contribution in [0.15, 0.2) is 97.1 Å². The first kappa shape index (κ1) is 28.6. The summed E-state index contributed by atoms with van der Waals surface area (Å²) in [4.78, 5) is 5.23. The summed E-state index contributed by atoms with van der Waals surface area (Å²) in [7, 11) is 18.1. The highest BCUT2D eigenvalue weighted by Crippen LogP contribution is 2.43. The van der Waals surface area contributed by atoms with Gasteiger partial charge in [-0.15, -0.1) is 16.4 Å². The van der Waals surface area contributed by atoms with Gasteiger partial charge in [0.2, 0.25) is 0 Å². The SMILES string of the molecule is Bc1c(B)c(B)c(-c2ccc3c(-n4c(C(B)(B)B)nc5ccccc54)c4ccccc4c(-c4ccccc4)c3c2)c(B)c1B. The minimum atomic E-state index is -0.157. The molecule has 0 saturated heterocycles. The fourth-order valence-electron chi connectivity index (χ4n) is 7.16. The molecule has 202 valence electrons. The van der Waals surface area contributed by atoms with Crippen molar-refractivity contribution in [2.75, 3.05) is 0 Å². The number of rotatable bonds is 4. The van der Waals surface area contributed by atoms with E-state index in [0.717, 1.165) is 16.9 Å². The van der Waals surface area contributed by atoms with Crippen molar-refractivity contribution < 1.29 is 0 Å². The molecule has 0 amide bonds. The minimum absolute atomic E-state index is 0.157. The van der Waals surface area contributed by atoms with Gasteiger partial charge in [-0.1, -0.05) is 94.9 Å². The molecule has 0 spiro atoms. The molecule has 0 aliphatic carbocycles. The Morgan fingerprint density at radius 3 is 1.75 bits per heavy atom. The molecule has 0 aliphatic heterocycles. The molecular formula is C34H32B8N2. The Kier molecular flexibility index (Phi) is 6.81. The molecule has 10 heteroatoms. The number of imidazole rings is 1. The van der Waals surface area contributed by atoms with Crippen LogP contribution in [-0.2, 0) is 5.11 Å². The summed E-state index contributed by atoms with van der Waals surface area (Å²) >= 11 is 0. The molecule has 0 fully saturated rings. The molecule has 1 heterocycles. The minimum Gasteiger partial charge on any atom is -0.296 e. The first-order valence-electron chi connectivity index (χ1n) is 15.7. The van der Waals surface area contributed by atoms with Crippen molar-refractivity contribution in [1.29, 1.82) is 0 Å². The number of hydrogen-bond donors (Lipinski definition) is 0. The lowest BCUT2D eigenvalue weighted by Gasteiger charge is -2.25. The summed E-state index contributed by atoms with van der Waals surface area (Å²) in [5, 5.41) is 4.82. The zero-order valence-corrected chi connectivity index (χ0v) is 27.1. The van der Waals surface area contributed by atoms with Gasteiger partial charge in [-0.25, -0.2) is 4.98 Å². The molecule has 0 saturated carbocycles. The molecule has 0 atom stereocenters. The second-order valence-corrected chi connectivity index (χ2v) is 13.4. The maximum Gasteiger partial charge on any atom is 0.139 e. The Morgan fingerprint density at radius 1 is 0.500 bits per heavy atom. The van der Waals surface area contributed by atoms with Crippen LogP contribution in [-0.4, -0.2) is 72.3 Å². The Labute approximate surface area is 267 Å². The first-order valence-corrected chi connectivity index (χ1v) is 15.7. The number of benzene rings is 6. The van der Waals surface area contributed by atoms with E-state index in [1.54, 1.807) is 0 Å². The fourth-order valence-corrected chi connectivity index (χ4v) is 7.16. The van der Waals surface area contributed by atoms with E-state index in [9.17, 15) is 0 Å². The summed E-state index contributed by atoms with van der Waals surface area (Å²) < 4.78 is 2.44. The topological polar surface area (TPSA) is 17.8 Å². The predicted molar refractivity (Wildman–Crippen MR) is 215 cm³/mol. The van der Waals surface area contributed by atoms with Crippen molar-refractivity contribution in [3.05, 3.63) is 103 Å². The molecule has 2 nitrogen and oxygen atoms in total. The van der Waals surface area contributed by atoms with E-state index in [1.807, 2.05) is 0 Å². The highest BCUT2D eigenvalue weighted by Gasteiger charge is 2.27. The zero-order chi connectivity index (χ0) is 30.9. The maximum absolute atomic E-state index is 5.23. The van der Waals surface area contributed by atoms with E-state index in [1.165, 1.54) is 76.8 Å². The Balaban J connectivity index is 1.70. The van der Waals surface area contributed by atoms with E-state index in [0.29, 0.717) is 0 Å². The maximum atomic E-state index is 5.23. The quantitative estimate of drug-likeness (QED) is 0.167. The van der Waals surface area contributed by atoms with Crippen molar-refractivity contribution in [3.63, 3.8) is 0 Å². The number of para-hydroxylation sites is 2. The van der Waals surface area contributed by atoms with Crippen LogP contribution in [0.5, 0.6) is 0 Å². The van der Waals surface area contributed by atoms with Gasteiger partial charge in [0.05, 0.1) is 46.1 Å². The van der Waals surface area contributed by atoms with Gasteiger partial charge in [-0.2, -0.15) is 0 Å². The lowest BCUT2D eigenvalue weighted by molar-refractivity contribution is 0.939. The van der Waals surface area contributed by atoms with Gasteiger partial charge in [0.25, 0.3) is 0 Å². The summed E-state index contributed by atoms with van der Waals surface area (Å²) in [5.74, 6) is 1.07. The third-order valence-electron chi connectivity index (χ3n) is 9.80. The second-order valence-electron chi connectivity index (χ2n) is 13.4. The highest BCUT2D eigenvalue weighted by molar-refractivity contribution is 6.68. The molecule has 0 aliphatic rings. The zero-order valence-electron chi connectivity index (χ0n) is 27.1. The Bertz CT molecular complexity index is 2240. The summed E-state index contributed by atoms with van der Waals surface area (Å²) in [6, 6.07) is 35.5. The molecule has 7 aromatic rings. The van der Waals surface area contributed by atoms with Crippen LogP contribution in [0.25, 0.3) is 60.5 Å². The number of aromatic nitrogens is 2. The van der Waals surface area contributed by atoms with Crippen molar-refractivity contribution >= 4 is 123 Å². The summed E-state index contributed by atoms with van der Waals surface area (Å²) in [6.45, 7) is 0. The molecule has 44 heavy (non-hydrogen) atoms. The fraction of sp³-hybridized carbons (Fsp3) is 0.0294. The van der Waals surface area contributed by atoms with Gasteiger partial charge >= 0.3 is 0 Å². The Hall–Kier alpha value is -4.17. The third kappa shape index (κ3) is 4.33. The summed E-state index contributed by atoms with van der Waals surface area (Å²) in [6.07, 6.45) is 0. The molecular weight excluding hydrogens is 523 g/mol. The lowest BCUT2D eigenvalue weighted by atomic mass is 9.42. The van der Waals surface area contributed by atoms with Gasteiger partial charge in [-0.3, -0.25) is 4.57 Å². The molecule has 6 aromatic carbocycles. The number of fused-ring (bicyclic) bond motifs is 3. The first-order chi connectivity index (χ1) is 21.1. The van der Waals surface area contributed by atoms with Gasteiger partial charge < -0.3 is 0 Å². The average Bonchev–Trinajstić information content (AvgIpc) is 3.42. The van der Waals surface area contributed by atoms with Gasteiger partial charge in [0.1, 0.15) is 39.2 Å². The van der Waals surface area contributed by atoms with Crippen molar-refractivity contribution in [3.8, 4) is 27.9 Å². The normalized spacial score (nSPS) is 11.9. The van der Waals surface area contributed by atoms with Crippen LogP contribution in [0.3, 0.4) is 0 Å².